The van der Waals surface area contributed by atoms with Gasteiger partial charge >= 0.3 is 5.69 Å². The zero-order valence-corrected chi connectivity index (χ0v) is 12.8. The predicted molar refractivity (Wildman–Crippen MR) is 80.3 cm³/mol. The minimum Gasteiger partial charge on any atom is -0.481 e. The molecule has 0 atom stereocenters. The van der Waals surface area contributed by atoms with Crippen LogP contribution >= 0.6 is 11.6 Å². The summed E-state index contributed by atoms with van der Waals surface area (Å²) in [4.78, 5) is 30.9. The average molecular weight is 310 g/mol. The molecule has 1 N–H and O–H groups in total. The molecular formula is C14H16ClN3O3. The van der Waals surface area contributed by atoms with Crippen molar-refractivity contribution in [2.24, 2.45) is 0 Å². The molecule has 2 aromatic heterocycles. The number of aromatic nitrogens is 3. The van der Waals surface area contributed by atoms with E-state index in [0.717, 1.165) is 10.1 Å². The largest absolute Gasteiger partial charge is 0.481 e. The Balaban J connectivity index is 2.52. The molecule has 2 heterocycles. The van der Waals surface area contributed by atoms with Crippen LogP contribution < -0.4 is 16.0 Å². The molecule has 112 valence electrons. The van der Waals surface area contributed by atoms with Crippen molar-refractivity contribution in [3.63, 3.8) is 0 Å². The Labute approximate surface area is 126 Å². The molecule has 21 heavy (non-hydrogen) atoms. The van der Waals surface area contributed by atoms with Crippen LogP contribution in [0.4, 0.5) is 0 Å². The molecule has 0 aromatic carbocycles. The lowest BCUT2D eigenvalue weighted by molar-refractivity contribution is 0.397. The van der Waals surface area contributed by atoms with E-state index in [4.69, 9.17) is 16.3 Å². The second-order valence-corrected chi connectivity index (χ2v) is 5.29. The molecule has 0 saturated carbocycles. The summed E-state index contributed by atoms with van der Waals surface area (Å²) in [5, 5.41) is 0.101. The highest BCUT2D eigenvalue weighted by Gasteiger charge is 2.16. The van der Waals surface area contributed by atoms with Gasteiger partial charge in [0.2, 0.25) is 5.88 Å². The van der Waals surface area contributed by atoms with E-state index in [1.54, 1.807) is 18.3 Å². The molecule has 2 aromatic rings. The zero-order valence-electron chi connectivity index (χ0n) is 12.0. The summed E-state index contributed by atoms with van der Waals surface area (Å²) >= 11 is 5.95. The van der Waals surface area contributed by atoms with E-state index in [1.807, 2.05) is 13.8 Å². The summed E-state index contributed by atoms with van der Waals surface area (Å²) in [6, 6.07) is 3.40. The minimum absolute atomic E-state index is 0.0833. The van der Waals surface area contributed by atoms with Crippen molar-refractivity contribution < 1.29 is 4.74 Å². The van der Waals surface area contributed by atoms with Crippen molar-refractivity contribution in [3.05, 3.63) is 55.4 Å². The molecule has 2 rings (SSSR count). The summed E-state index contributed by atoms with van der Waals surface area (Å²) in [5.74, 6) is 0.343. The van der Waals surface area contributed by atoms with Crippen molar-refractivity contribution in [2.45, 2.75) is 26.3 Å². The Morgan fingerprint density at radius 1 is 1.43 bits per heavy atom. The van der Waals surface area contributed by atoms with Gasteiger partial charge in [-0.1, -0.05) is 25.4 Å². The average Bonchev–Trinajstić information content (AvgIpc) is 2.43. The van der Waals surface area contributed by atoms with Gasteiger partial charge in [0.15, 0.2) is 0 Å². The number of H-pyrrole nitrogens is 1. The van der Waals surface area contributed by atoms with E-state index in [1.165, 1.54) is 7.11 Å². The van der Waals surface area contributed by atoms with Gasteiger partial charge in [0.05, 0.1) is 19.2 Å². The van der Waals surface area contributed by atoms with Crippen LogP contribution in [0.15, 0.2) is 27.9 Å². The highest BCUT2D eigenvalue weighted by molar-refractivity contribution is 6.30. The molecule has 0 unspecified atom stereocenters. The lowest BCUT2D eigenvalue weighted by atomic mass is 10.1. The maximum atomic E-state index is 12.4. The molecular weight excluding hydrogens is 294 g/mol. The van der Waals surface area contributed by atoms with Crippen LogP contribution in [0, 0.1) is 0 Å². The third-order valence-corrected chi connectivity index (χ3v) is 3.40. The SMILES string of the molecule is COc1cc(Cn2c(=O)[nH]c(Cl)c(C(C)C)c2=O)ccn1. The van der Waals surface area contributed by atoms with Crippen LogP contribution in [0.1, 0.15) is 30.9 Å². The van der Waals surface area contributed by atoms with Crippen molar-refractivity contribution >= 4 is 11.6 Å². The zero-order chi connectivity index (χ0) is 15.6. The van der Waals surface area contributed by atoms with Gasteiger partial charge in [-0.05, 0) is 17.5 Å². The maximum Gasteiger partial charge on any atom is 0.329 e. The first-order valence-corrected chi connectivity index (χ1v) is 6.83. The number of nitrogens with zero attached hydrogens (tertiary/aromatic N) is 2. The number of ether oxygens (including phenoxy) is 1. The van der Waals surface area contributed by atoms with E-state index in [-0.39, 0.29) is 23.2 Å². The first-order valence-electron chi connectivity index (χ1n) is 6.45. The first kappa shape index (κ1) is 15.3. The third kappa shape index (κ3) is 3.16. The van der Waals surface area contributed by atoms with Crippen molar-refractivity contribution in [3.8, 4) is 5.88 Å². The molecule has 0 aliphatic heterocycles. The van der Waals surface area contributed by atoms with Crippen molar-refractivity contribution in [2.75, 3.05) is 7.11 Å². The van der Waals surface area contributed by atoms with Gasteiger partial charge in [0.1, 0.15) is 5.15 Å². The van der Waals surface area contributed by atoms with Gasteiger partial charge in [0.25, 0.3) is 5.56 Å². The molecule has 0 aliphatic rings. The van der Waals surface area contributed by atoms with Crippen LogP contribution in [0.2, 0.25) is 5.15 Å². The monoisotopic (exact) mass is 309 g/mol. The quantitative estimate of drug-likeness (QED) is 0.873. The van der Waals surface area contributed by atoms with Gasteiger partial charge in [-0.15, -0.1) is 0 Å². The van der Waals surface area contributed by atoms with E-state index in [0.29, 0.717) is 11.4 Å². The molecule has 0 bridgehead atoms. The molecule has 0 amide bonds. The van der Waals surface area contributed by atoms with Crippen molar-refractivity contribution in [1.82, 2.24) is 14.5 Å². The normalized spacial score (nSPS) is 10.9. The second kappa shape index (κ2) is 6.13. The van der Waals surface area contributed by atoms with E-state index < -0.39 is 5.69 Å². The Morgan fingerprint density at radius 2 is 2.14 bits per heavy atom. The predicted octanol–water partition coefficient (Wildman–Crippen LogP) is 1.77. The Bertz CT molecular complexity index is 765. The molecule has 6 nitrogen and oxygen atoms in total. The number of nitrogens with one attached hydrogen (secondary N) is 1. The van der Waals surface area contributed by atoms with Crippen LogP contribution in [0.25, 0.3) is 0 Å². The molecule has 0 saturated heterocycles. The van der Waals surface area contributed by atoms with Gasteiger partial charge in [-0.3, -0.25) is 14.3 Å². The molecule has 0 fully saturated rings. The van der Waals surface area contributed by atoms with E-state index in [2.05, 4.69) is 9.97 Å². The highest BCUT2D eigenvalue weighted by Crippen LogP contribution is 2.17. The number of rotatable bonds is 4. The first-order chi connectivity index (χ1) is 9.93. The number of methoxy groups -OCH3 is 1. The highest BCUT2D eigenvalue weighted by atomic mass is 35.5. The fourth-order valence-corrected chi connectivity index (χ4v) is 2.43. The van der Waals surface area contributed by atoms with E-state index in [9.17, 15) is 9.59 Å². The molecule has 0 radical (unpaired) electrons. The summed E-state index contributed by atoms with van der Waals surface area (Å²) in [5.41, 5.74) is 0.225. The van der Waals surface area contributed by atoms with Gasteiger partial charge in [0, 0.05) is 12.3 Å². The maximum absolute atomic E-state index is 12.4. The fourth-order valence-electron chi connectivity index (χ4n) is 2.05. The lowest BCUT2D eigenvalue weighted by Gasteiger charge is -2.11. The number of hydrogen-bond acceptors (Lipinski definition) is 4. The third-order valence-electron chi connectivity index (χ3n) is 3.10. The summed E-state index contributed by atoms with van der Waals surface area (Å²) < 4.78 is 6.15. The lowest BCUT2D eigenvalue weighted by Crippen LogP contribution is -2.38. The van der Waals surface area contributed by atoms with Crippen molar-refractivity contribution in [1.29, 1.82) is 0 Å². The summed E-state index contributed by atoms with van der Waals surface area (Å²) in [6.45, 7) is 3.82. The molecule has 0 spiro atoms. The summed E-state index contributed by atoms with van der Waals surface area (Å²) in [7, 11) is 1.50. The van der Waals surface area contributed by atoms with E-state index >= 15 is 0 Å². The minimum atomic E-state index is -0.537. The summed E-state index contributed by atoms with van der Waals surface area (Å²) in [6.07, 6.45) is 1.56. The van der Waals surface area contributed by atoms with Gasteiger partial charge in [-0.2, -0.15) is 0 Å². The fraction of sp³-hybridized carbons (Fsp3) is 0.357. The van der Waals surface area contributed by atoms with Gasteiger partial charge in [-0.25, -0.2) is 9.78 Å². The Morgan fingerprint density at radius 3 is 2.76 bits per heavy atom. The molecule has 7 heteroatoms. The number of halogens is 1. The Hall–Kier alpha value is -2.08. The number of hydrogen-bond donors (Lipinski definition) is 1. The van der Waals surface area contributed by atoms with Crippen LogP contribution in [0.5, 0.6) is 5.88 Å². The van der Waals surface area contributed by atoms with Crippen LogP contribution in [0.3, 0.4) is 0 Å². The second-order valence-electron chi connectivity index (χ2n) is 4.91. The Kier molecular flexibility index (Phi) is 4.47. The topological polar surface area (TPSA) is 77.0 Å². The van der Waals surface area contributed by atoms with Gasteiger partial charge < -0.3 is 4.74 Å². The van der Waals surface area contributed by atoms with Crippen LogP contribution in [-0.4, -0.2) is 21.6 Å². The van der Waals surface area contributed by atoms with Crippen LogP contribution in [-0.2, 0) is 6.54 Å². The number of aromatic amines is 1. The number of pyridine rings is 1. The standard InChI is InChI=1S/C14H16ClN3O3/c1-8(2)11-12(15)17-14(20)18(13(11)19)7-9-4-5-16-10(6-9)21-3/h4-6,8H,7H2,1-3H3,(H,17,20). The molecule has 0 aliphatic carbocycles. The smallest absolute Gasteiger partial charge is 0.329 e.